The quantitative estimate of drug-likeness (QED) is 0.511. The van der Waals surface area contributed by atoms with Crippen LogP contribution in [0.5, 0.6) is 0 Å². The van der Waals surface area contributed by atoms with Gasteiger partial charge in [-0.05, 0) is 55.8 Å². The number of halogens is 4. The molecule has 2 amide bonds. The molecule has 0 saturated carbocycles. The smallest absolute Gasteiger partial charge is 0.352 e. The third kappa shape index (κ3) is 6.44. The van der Waals surface area contributed by atoms with Crippen LogP contribution in [-0.4, -0.2) is 18.4 Å². The van der Waals surface area contributed by atoms with E-state index >= 15 is 0 Å². The van der Waals surface area contributed by atoms with Crippen LogP contribution in [0.1, 0.15) is 29.3 Å². The molecule has 1 atom stereocenters. The van der Waals surface area contributed by atoms with Gasteiger partial charge < -0.3 is 10.6 Å². The molecule has 2 N–H and O–H groups in total. The predicted octanol–water partition coefficient (Wildman–Crippen LogP) is 4.80. The molecule has 0 aliphatic carbocycles. The zero-order chi connectivity index (χ0) is 21.6. The van der Waals surface area contributed by atoms with Crippen molar-refractivity contribution in [1.29, 1.82) is 0 Å². The second kappa shape index (κ2) is 9.36. The van der Waals surface area contributed by atoms with E-state index in [0.717, 1.165) is 12.1 Å². The maximum Gasteiger partial charge on any atom is 0.416 e. The lowest BCUT2D eigenvalue weighted by Gasteiger charge is -2.15. The molecule has 0 saturated heterocycles. The van der Waals surface area contributed by atoms with Crippen molar-refractivity contribution in [2.45, 2.75) is 19.5 Å². The molecule has 2 aromatic rings. The summed E-state index contributed by atoms with van der Waals surface area (Å²) in [7, 11) is 0. The van der Waals surface area contributed by atoms with Gasteiger partial charge in [-0.25, -0.2) is 4.39 Å². The van der Waals surface area contributed by atoms with E-state index in [-0.39, 0.29) is 24.4 Å². The van der Waals surface area contributed by atoms with Gasteiger partial charge in [0.05, 0.1) is 11.5 Å². The Morgan fingerprint density at radius 1 is 1.10 bits per heavy atom. The lowest BCUT2D eigenvalue weighted by molar-refractivity contribution is -0.137. The molecule has 29 heavy (non-hydrogen) atoms. The number of benzene rings is 2. The number of rotatable bonds is 7. The molecule has 0 aliphatic rings. The predicted molar refractivity (Wildman–Crippen MR) is 102 cm³/mol. The molecule has 0 heterocycles. The molecule has 4 nitrogen and oxygen atoms in total. The molecule has 0 aliphatic heterocycles. The molecule has 2 rings (SSSR count). The summed E-state index contributed by atoms with van der Waals surface area (Å²) < 4.78 is 51.1. The highest BCUT2D eigenvalue weighted by atomic mass is 19.4. The molecule has 0 unspecified atom stereocenters. The van der Waals surface area contributed by atoms with E-state index in [9.17, 15) is 27.2 Å². The van der Waals surface area contributed by atoms with Gasteiger partial charge in [0.15, 0.2) is 0 Å². The van der Waals surface area contributed by atoms with Gasteiger partial charge in [0.1, 0.15) is 5.82 Å². The van der Waals surface area contributed by atoms with E-state index in [2.05, 4.69) is 17.2 Å². The molecule has 8 heteroatoms. The number of amides is 2. The topological polar surface area (TPSA) is 58.2 Å². The Labute approximate surface area is 165 Å². The van der Waals surface area contributed by atoms with E-state index in [1.807, 2.05) is 0 Å². The Balaban J connectivity index is 1.84. The van der Waals surface area contributed by atoms with Crippen LogP contribution in [0.4, 0.5) is 23.2 Å². The van der Waals surface area contributed by atoms with Crippen molar-refractivity contribution in [2.24, 2.45) is 5.92 Å². The average molecular weight is 408 g/mol. The summed E-state index contributed by atoms with van der Waals surface area (Å²) in [6, 6.07) is 9.42. The number of carbonyl (C=O) groups excluding carboxylic acids is 2. The molecule has 2 aromatic carbocycles. The van der Waals surface area contributed by atoms with Crippen molar-refractivity contribution < 1.29 is 27.2 Å². The SMILES string of the molecule is C=C(CCNC(=O)c1cccc(C(F)(F)F)c1)[C@@H](C)C(=O)Nc1ccc(F)cc1. The van der Waals surface area contributed by atoms with Crippen LogP contribution >= 0.6 is 0 Å². The summed E-state index contributed by atoms with van der Waals surface area (Å²) in [6.07, 6.45) is -4.26. The normalized spacial score (nSPS) is 12.2. The van der Waals surface area contributed by atoms with E-state index in [1.54, 1.807) is 6.92 Å². The van der Waals surface area contributed by atoms with Crippen molar-refractivity contribution in [1.82, 2.24) is 5.32 Å². The first-order chi connectivity index (χ1) is 13.6. The van der Waals surface area contributed by atoms with E-state index in [1.165, 1.54) is 36.4 Å². The summed E-state index contributed by atoms with van der Waals surface area (Å²) in [4.78, 5) is 24.3. The summed E-state index contributed by atoms with van der Waals surface area (Å²) in [6.45, 7) is 5.57. The van der Waals surface area contributed by atoms with Crippen molar-refractivity contribution in [3.63, 3.8) is 0 Å². The van der Waals surface area contributed by atoms with Gasteiger partial charge in [0.2, 0.25) is 5.91 Å². The molecule has 0 bridgehead atoms. The number of hydrogen-bond acceptors (Lipinski definition) is 2. The molecule has 0 fully saturated rings. The first-order valence-electron chi connectivity index (χ1n) is 8.77. The number of nitrogens with one attached hydrogen (secondary N) is 2. The van der Waals surface area contributed by atoms with Crippen LogP contribution < -0.4 is 10.6 Å². The van der Waals surface area contributed by atoms with Crippen LogP contribution in [0.25, 0.3) is 0 Å². The van der Waals surface area contributed by atoms with Gasteiger partial charge in [-0.3, -0.25) is 9.59 Å². The maximum absolute atomic E-state index is 12.9. The lowest BCUT2D eigenvalue weighted by atomic mass is 9.98. The largest absolute Gasteiger partial charge is 0.416 e. The van der Waals surface area contributed by atoms with Gasteiger partial charge in [0, 0.05) is 17.8 Å². The third-order valence-electron chi connectivity index (χ3n) is 4.30. The minimum atomic E-state index is -4.53. The fourth-order valence-electron chi connectivity index (χ4n) is 2.46. The Hall–Kier alpha value is -3.16. The van der Waals surface area contributed by atoms with E-state index < -0.39 is 29.4 Å². The molecule has 0 spiro atoms. The standard InChI is InChI=1S/C21H20F4N2O2/c1-13(14(2)19(28)27-18-8-6-17(22)7-9-18)10-11-26-20(29)15-4-3-5-16(12-15)21(23,24)25/h3-9,12,14H,1,10-11H2,2H3,(H,26,29)(H,27,28)/t14-/m1/s1. The van der Waals surface area contributed by atoms with Crippen molar-refractivity contribution in [3.8, 4) is 0 Å². The summed E-state index contributed by atoms with van der Waals surface area (Å²) in [5, 5.41) is 5.15. The first kappa shape index (κ1) is 22.1. The van der Waals surface area contributed by atoms with Gasteiger partial charge >= 0.3 is 6.18 Å². The number of alkyl halides is 3. The van der Waals surface area contributed by atoms with Crippen molar-refractivity contribution in [3.05, 3.63) is 77.6 Å². The Morgan fingerprint density at radius 3 is 2.38 bits per heavy atom. The van der Waals surface area contributed by atoms with Crippen LogP contribution in [0.3, 0.4) is 0 Å². The minimum Gasteiger partial charge on any atom is -0.352 e. The lowest BCUT2D eigenvalue weighted by Crippen LogP contribution is -2.27. The molecular weight excluding hydrogens is 388 g/mol. The van der Waals surface area contributed by atoms with Crippen LogP contribution in [0, 0.1) is 11.7 Å². The van der Waals surface area contributed by atoms with Gasteiger partial charge in [-0.15, -0.1) is 0 Å². The Kier molecular flexibility index (Phi) is 7.14. The zero-order valence-corrected chi connectivity index (χ0v) is 15.6. The van der Waals surface area contributed by atoms with Crippen molar-refractivity contribution >= 4 is 17.5 Å². The molecular formula is C21H20F4N2O2. The minimum absolute atomic E-state index is 0.104. The molecule has 0 aromatic heterocycles. The van der Waals surface area contributed by atoms with Crippen LogP contribution in [0.15, 0.2) is 60.7 Å². The first-order valence-corrected chi connectivity index (χ1v) is 8.77. The van der Waals surface area contributed by atoms with E-state index in [0.29, 0.717) is 11.3 Å². The molecule has 0 radical (unpaired) electrons. The summed E-state index contributed by atoms with van der Waals surface area (Å²) in [5.41, 5.74) is -0.0314. The summed E-state index contributed by atoms with van der Waals surface area (Å²) >= 11 is 0. The highest BCUT2D eigenvalue weighted by Crippen LogP contribution is 2.29. The Morgan fingerprint density at radius 2 is 1.76 bits per heavy atom. The number of anilines is 1. The van der Waals surface area contributed by atoms with Crippen LogP contribution in [-0.2, 0) is 11.0 Å². The van der Waals surface area contributed by atoms with Gasteiger partial charge in [0.25, 0.3) is 5.91 Å². The van der Waals surface area contributed by atoms with Gasteiger partial charge in [-0.1, -0.05) is 18.2 Å². The highest BCUT2D eigenvalue weighted by molar-refractivity contribution is 5.95. The zero-order valence-electron chi connectivity index (χ0n) is 15.6. The number of hydrogen-bond donors (Lipinski definition) is 2. The maximum atomic E-state index is 12.9. The fraction of sp³-hybridized carbons (Fsp3) is 0.238. The monoisotopic (exact) mass is 408 g/mol. The highest BCUT2D eigenvalue weighted by Gasteiger charge is 2.30. The molecule has 154 valence electrons. The number of carbonyl (C=O) groups is 2. The Bertz CT molecular complexity index is 892. The van der Waals surface area contributed by atoms with Crippen molar-refractivity contribution in [2.75, 3.05) is 11.9 Å². The van der Waals surface area contributed by atoms with E-state index in [4.69, 9.17) is 0 Å². The van der Waals surface area contributed by atoms with Crippen LogP contribution in [0.2, 0.25) is 0 Å². The second-order valence-electron chi connectivity index (χ2n) is 6.46. The second-order valence-corrected chi connectivity index (χ2v) is 6.46. The summed E-state index contributed by atoms with van der Waals surface area (Å²) in [5.74, 6) is -1.99. The van der Waals surface area contributed by atoms with Gasteiger partial charge in [-0.2, -0.15) is 13.2 Å². The fourth-order valence-corrected chi connectivity index (χ4v) is 2.46. The third-order valence-corrected chi connectivity index (χ3v) is 4.30. The average Bonchev–Trinajstić information content (AvgIpc) is 2.68.